The summed E-state index contributed by atoms with van der Waals surface area (Å²) < 4.78 is 111. The van der Waals surface area contributed by atoms with E-state index in [2.05, 4.69) is 10.6 Å². The van der Waals surface area contributed by atoms with Crippen molar-refractivity contribution in [3.05, 3.63) is 0 Å². The number of hydrogen-bond acceptors (Lipinski definition) is 51. The van der Waals surface area contributed by atoms with Crippen LogP contribution >= 0.6 is 0 Å². The molecule has 0 aromatic carbocycles. The number of carbonyl (C=O) groups is 2. The van der Waals surface area contributed by atoms with Gasteiger partial charge in [0, 0.05) is 13.8 Å². The molecule has 10 aliphatic heterocycles. The van der Waals surface area contributed by atoms with Crippen LogP contribution in [-0.2, 0) is 99.6 Å². The third-order valence-corrected chi connectivity index (χ3v) is 21.7. The first-order valence-electron chi connectivity index (χ1n) is 37.2. The summed E-state index contributed by atoms with van der Waals surface area (Å²) in [6.45, 7) is -9.25. The van der Waals surface area contributed by atoms with Crippen LogP contribution in [0.2, 0.25) is 0 Å². The molecular formula is C64H108N2O51. The number of nitrogens with one attached hydrogen (secondary N) is 2. The van der Waals surface area contributed by atoms with Crippen molar-refractivity contribution < 1.29 is 253 Å². The molecule has 53 nitrogen and oxygen atoms in total. The molecule has 0 spiro atoms. The molecule has 0 aliphatic carbocycles. The second kappa shape index (κ2) is 41.9. The zero-order valence-electron chi connectivity index (χ0n) is 61.9. The maximum absolute atomic E-state index is 13.0. The Morgan fingerprint density at radius 3 is 0.897 bits per heavy atom. The highest BCUT2D eigenvalue weighted by atomic mass is 16.8. The fourth-order valence-corrected chi connectivity index (χ4v) is 15.0. The molecule has 1 unspecified atom stereocenters. The van der Waals surface area contributed by atoms with E-state index in [0.29, 0.717) is 0 Å². The average molecular weight is 1720 g/mol. The second-order valence-corrected chi connectivity index (χ2v) is 29.5. The van der Waals surface area contributed by atoms with E-state index in [4.69, 9.17) is 90.0 Å². The molecule has 10 rings (SSSR count). The van der Waals surface area contributed by atoms with Crippen LogP contribution in [0.5, 0.6) is 0 Å². The monoisotopic (exact) mass is 1720 g/mol. The normalized spacial score (nSPS) is 51.5. The molecule has 53 heteroatoms. The Labute approximate surface area is 660 Å². The van der Waals surface area contributed by atoms with Gasteiger partial charge in [-0.2, -0.15) is 0 Å². The number of amides is 2. The Kier molecular flexibility index (Phi) is 34.4. The summed E-state index contributed by atoms with van der Waals surface area (Å²) in [6, 6.07) is -3.62. The zero-order valence-corrected chi connectivity index (χ0v) is 61.9. The van der Waals surface area contributed by atoms with Crippen molar-refractivity contribution in [2.24, 2.45) is 0 Å². The minimum atomic E-state index is -2.67. The second-order valence-electron chi connectivity index (χ2n) is 29.5. The molecule has 2 amide bonds. The summed E-state index contributed by atoms with van der Waals surface area (Å²) in [6.07, 6.45) is -104. The van der Waals surface area contributed by atoms with Gasteiger partial charge in [0.25, 0.3) is 0 Å². The summed E-state index contributed by atoms with van der Waals surface area (Å²) in [5.74, 6) is -1.76. The Hall–Kier alpha value is -3.02. The number of rotatable bonds is 30. The number of ether oxygens (including phenoxy) is 19. The predicted molar refractivity (Wildman–Crippen MR) is 353 cm³/mol. The molecule has 50 atom stereocenters. The van der Waals surface area contributed by atoms with E-state index in [0.717, 1.165) is 13.8 Å². The lowest BCUT2D eigenvalue weighted by Gasteiger charge is -2.51. The van der Waals surface area contributed by atoms with Gasteiger partial charge in [0.1, 0.15) is 244 Å². The van der Waals surface area contributed by atoms with Crippen LogP contribution in [0.1, 0.15) is 13.8 Å². The van der Waals surface area contributed by atoms with Gasteiger partial charge in [-0.3, -0.25) is 9.59 Å². The van der Waals surface area contributed by atoms with E-state index < -0.39 is 385 Å². The third-order valence-electron chi connectivity index (χ3n) is 21.7. The highest BCUT2D eigenvalue weighted by Crippen LogP contribution is 2.41. The topological polar surface area (TPSA) is 840 Å². The van der Waals surface area contributed by atoms with Crippen molar-refractivity contribution in [3.8, 4) is 0 Å². The largest absolute Gasteiger partial charge is 0.394 e. The van der Waals surface area contributed by atoms with Gasteiger partial charge in [-0.15, -0.1) is 0 Å². The maximum Gasteiger partial charge on any atom is 0.217 e. The summed E-state index contributed by atoms with van der Waals surface area (Å²) in [5, 5.41) is 337. The Balaban J connectivity index is 1.01. The van der Waals surface area contributed by atoms with E-state index in [1.807, 2.05) is 0 Å². The Morgan fingerprint density at radius 1 is 0.222 bits per heavy atom. The van der Waals surface area contributed by atoms with Crippen molar-refractivity contribution in [3.63, 3.8) is 0 Å². The van der Waals surface area contributed by atoms with Crippen LogP contribution in [0.15, 0.2) is 0 Å². The van der Waals surface area contributed by atoms with Gasteiger partial charge >= 0.3 is 0 Å². The first-order valence-corrected chi connectivity index (χ1v) is 37.2. The number of hydrogen-bond donors (Lipinski definition) is 32. The molecule has 10 aliphatic rings. The summed E-state index contributed by atoms with van der Waals surface area (Å²) in [4.78, 5) is 25.2. The van der Waals surface area contributed by atoms with Crippen LogP contribution < -0.4 is 10.6 Å². The molecule has 680 valence electrons. The average Bonchev–Trinajstić information content (AvgIpc) is 0.764. The van der Waals surface area contributed by atoms with E-state index in [1.54, 1.807) is 0 Å². The predicted octanol–water partition coefficient (Wildman–Crippen LogP) is -22.5. The number of aliphatic hydroxyl groups is 30. The SMILES string of the molecule is CC(=O)N[C@H]1[C@H](O[C@H]2[C@H](O)[C@@H](NC(C)=O)C(O)O[C@@H]2CO)O[C@H](CO)[C@@H](O[C@@H]2O[C@H](CO[C@H]3O[C@H](CO)[C@@H](O)[C@H](O)[C@@H]3O)[C@@H](O)[C@H](O[C@H]3O[C@H](CO[C@H]4O[C@H](CO)[C@@H](O)[C@H](O)[C@@H]4O[C@H]4O[C@H](CO)[C@@H](O)[C@H](O)[C@@H]4O)[C@@H](O)[C@H](O)[C@@H]3O[C@H]3O[C@H](CO)[C@@H](O)[C@H](O)[C@@H]3O[C@H]3O[C@H](CO)[C@@H](O)[C@H](O[C@H]4O[C@H](CO)[C@@H](O)[C@H](O)[C@@H]4O)[C@@H]3O)[C@@H]2O)[C@@H]1O. The van der Waals surface area contributed by atoms with E-state index >= 15 is 0 Å². The molecule has 0 aromatic heterocycles. The fraction of sp³-hybridized carbons (Fsp3) is 0.969. The van der Waals surface area contributed by atoms with Crippen molar-refractivity contribution >= 4 is 11.8 Å². The standard InChI is InChI=1S/C64H108N2O51/c1-13(75)65-25-35(85)48(21(9-73)101-55(25)98)111-56-26(66-14(2)76)36(86)49(22(10-74)108-56)112-61-47(97)51(34(84)24(109-61)12-99-57-43(93)37(87)27(77)15(3-67)102-57)114-64-54(42(92)32(82)23(110-64)11-100-62-52(40(90)30(80)18(6-70)106-62)115-59-45(95)39(89)29(79)17(5-69)104-59)117-63-53(41(91)31(81)19(7-71)107-63)116-60-46(96)50(33(83)20(8-72)105-60)113-58-44(94)38(88)28(78)16(4-68)103-58/h15-64,67-74,77-98H,3-12H2,1-2H3,(H,65,75)(H,66,76)/t15-,16-,17-,18-,19-,20-,21-,22-,23-,24-,25-,26-,27-,28-,29-,30-,31-,32-,33-,34-,35-,36-,37+,38+,39+,40+,41+,42+,43+,44+,45+,46+,47+,48-,49-,50+,51+,52+,53+,54+,55?,56+,57+,58-,59-,60-,61+,62+,63-,64-/m1/s1. The maximum atomic E-state index is 13.0. The van der Waals surface area contributed by atoms with E-state index in [1.165, 1.54) is 0 Å². The van der Waals surface area contributed by atoms with Gasteiger partial charge in [-0.05, 0) is 0 Å². The van der Waals surface area contributed by atoms with Gasteiger partial charge in [-0.1, -0.05) is 0 Å². The smallest absolute Gasteiger partial charge is 0.217 e. The molecule has 0 aromatic rings. The molecule has 0 bridgehead atoms. The first-order chi connectivity index (χ1) is 55.4. The van der Waals surface area contributed by atoms with Gasteiger partial charge in [0.15, 0.2) is 62.9 Å². The Morgan fingerprint density at radius 2 is 0.470 bits per heavy atom. The number of carbonyl (C=O) groups excluding carboxylic acids is 2. The van der Waals surface area contributed by atoms with Gasteiger partial charge in [0.2, 0.25) is 11.8 Å². The summed E-state index contributed by atoms with van der Waals surface area (Å²) in [7, 11) is 0. The molecule has 0 saturated carbocycles. The zero-order chi connectivity index (χ0) is 85.9. The minimum Gasteiger partial charge on any atom is -0.394 e. The van der Waals surface area contributed by atoms with Crippen molar-refractivity contribution in [1.82, 2.24) is 10.6 Å². The lowest BCUT2D eigenvalue weighted by Crippen LogP contribution is -2.70. The van der Waals surface area contributed by atoms with Crippen molar-refractivity contribution in [2.75, 3.05) is 66.1 Å². The lowest BCUT2D eigenvalue weighted by atomic mass is 9.94. The van der Waals surface area contributed by atoms with Crippen LogP contribution in [0, 0.1) is 0 Å². The minimum absolute atomic E-state index is 0.801. The fourth-order valence-electron chi connectivity index (χ4n) is 15.0. The van der Waals surface area contributed by atoms with Crippen molar-refractivity contribution in [1.29, 1.82) is 0 Å². The first kappa shape index (κ1) is 96.2. The number of aliphatic hydroxyl groups excluding tert-OH is 30. The molecule has 117 heavy (non-hydrogen) atoms. The molecule has 0 radical (unpaired) electrons. The summed E-state index contributed by atoms with van der Waals surface area (Å²) >= 11 is 0. The highest BCUT2D eigenvalue weighted by molar-refractivity contribution is 5.73. The molecule has 32 N–H and O–H groups in total. The summed E-state index contributed by atoms with van der Waals surface area (Å²) in [5.41, 5.74) is 0. The molecule has 10 fully saturated rings. The van der Waals surface area contributed by atoms with Gasteiger partial charge in [-0.25, -0.2) is 0 Å². The lowest BCUT2D eigenvalue weighted by molar-refractivity contribution is -0.413. The molecule has 10 saturated heterocycles. The van der Waals surface area contributed by atoms with Crippen LogP contribution in [0.3, 0.4) is 0 Å². The third kappa shape index (κ3) is 20.7. The van der Waals surface area contributed by atoms with Crippen molar-refractivity contribution in [2.45, 2.75) is 321 Å². The van der Waals surface area contributed by atoms with Gasteiger partial charge < -0.3 is 254 Å². The molecule has 10 heterocycles. The van der Waals surface area contributed by atoms with Crippen LogP contribution in [0.4, 0.5) is 0 Å². The van der Waals surface area contributed by atoms with E-state index in [-0.39, 0.29) is 0 Å². The molecular weight excluding hydrogens is 1610 g/mol. The highest BCUT2D eigenvalue weighted by Gasteiger charge is 2.62. The quantitative estimate of drug-likeness (QED) is 0.0318. The van der Waals surface area contributed by atoms with Crippen LogP contribution in [-0.4, -0.2) is 538 Å². The Bertz CT molecular complexity index is 3050. The van der Waals surface area contributed by atoms with Crippen LogP contribution in [0.25, 0.3) is 0 Å². The van der Waals surface area contributed by atoms with E-state index in [9.17, 15) is 163 Å². The van der Waals surface area contributed by atoms with Gasteiger partial charge in [0.05, 0.1) is 66.1 Å².